The summed E-state index contributed by atoms with van der Waals surface area (Å²) in [5.41, 5.74) is 1.04. The highest BCUT2D eigenvalue weighted by atomic mass is 16.5. The minimum absolute atomic E-state index is 0.279. The van der Waals surface area contributed by atoms with E-state index in [1.54, 1.807) is 13.4 Å². The predicted molar refractivity (Wildman–Crippen MR) is 88.5 cm³/mol. The number of rotatable bonds is 5. The molecule has 7 heteroatoms. The Morgan fingerprint density at radius 1 is 1.35 bits per heavy atom. The lowest BCUT2D eigenvalue weighted by Crippen LogP contribution is -2.41. The average molecular weight is 314 g/mol. The van der Waals surface area contributed by atoms with Crippen LogP contribution in [0.15, 0.2) is 41.7 Å². The van der Waals surface area contributed by atoms with Crippen molar-refractivity contribution in [1.29, 1.82) is 0 Å². The number of ether oxygens (including phenoxy) is 1. The van der Waals surface area contributed by atoms with Gasteiger partial charge in [-0.15, -0.1) is 10.2 Å². The van der Waals surface area contributed by atoms with Crippen molar-refractivity contribution in [3.63, 3.8) is 0 Å². The maximum atomic E-state index is 5.60. The van der Waals surface area contributed by atoms with E-state index in [4.69, 9.17) is 4.74 Å². The number of aromatic nitrogens is 3. The first-order valence-electron chi connectivity index (χ1n) is 7.87. The van der Waals surface area contributed by atoms with E-state index < -0.39 is 0 Å². The van der Waals surface area contributed by atoms with Crippen LogP contribution < -0.4 is 10.6 Å². The number of nitrogens with zero attached hydrogens (tertiary/aromatic N) is 4. The second kappa shape index (κ2) is 7.73. The Labute approximate surface area is 135 Å². The number of guanidine groups is 1. The topological polar surface area (TPSA) is 76.4 Å². The van der Waals surface area contributed by atoms with Crippen LogP contribution in [0.2, 0.25) is 0 Å². The fourth-order valence-electron chi connectivity index (χ4n) is 2.58. The van der Waals surface area contributed by atoms with E-state index in [2.05, 4.69) is 25.8 Å². The van der Waals surface area contributed by atoms with Crippen LogP contribution in [0.4, 0.5) is 0 Å². The molecular formula is C16H22N6O. The lowest BCUT2D eigenvalue weighted by atomic mass is 10.2. The maximum Gasteiger partial charge on any atom is 0.191 e. The van der Waals surface area contributed by atoms with Gasteiger partial charge in [-0.2, -0.15) is 0 Å². The third-order valence-corrected chi connectivity index (χ3v) is 3.81. The van der Waals surface area contributed by atoms with Crippen LogP contribution in [0.5, 0.6) is 0 Å². The molecule has 2 aromatic rings. The van der Waals surface area contributed by atoms with Gasteiger partial charge >= 0.3 is 0 Å². The zero-order valence-electron chi connectivity index (χ0n) is 13.3. The first-order valence-corrected chi connectivity index (χ1v) is 7.87. The van der Waals surface area contributed by atoms with Gasteiger partial charge in [-0.05, 0) is 25.0 Å². The van der Waals surface area contributed by atoms with Gasteiger partial charge in [0.05, 0.1) is 12.6 Å². The zero-order valence-corrected chi connectivity index (χ0v) is 13.3. The Balaban J connectivity index is 1.56. The molecule has 0 saturated carbocycles. The highest BCUT2D eigenvalue weighted by Crippen LogP contribution is 2.10. The third-order valence-electron chi connectivity index (χ3n) is 3.81. The van der Waals surface area contributed by atoms with Gasteiger partial charge in [-0.3, -0.25) is 9.56 Å². The molecule has 1 unspecified atom stereocenters. The number of nitrogens with one attached hydrogen (secondary N) is 2. The second-order valence-corrected chi connectivity index (χ2v) is 5.39. The minimum atomic E-state index is 0.279. The van der Waals surface area contributed by atoms with Gasteiger partial charge in [-0.1, -0.05) is 18.2 Å². The molecule has 1 aliphatic heterocycles. The van der Waals surface area contributed by atoms with Crippen molar-refractivity contribution in [3.8, 4) is 5.69 Å². The monoisotopic (exact) mass is 314 g/mol. The molecule has 1 atom stereocenters. The molecule has 1 aliphatic rings. The summed E-state index contributed by atoms with van der Waals surface area (Å²) in [6, 6.07) is 10.0. The molecule has 1 saturated heterocycles. The molecule has 2 heterocycles. The summed E-state index contributed by atoms with van der Waals surface area (Å²) in [6.45, 7) is 2.17. The fraction of sp³-hybridized carbons (Fsp3) is 0.438. The molecule has 23 heavy (non-hydrogen) atoms. The summed E-state index contributed by atoms with van der Waals surface area (Å²) < 4.78 is 7.56. The highest BCUT2D eigenvalue weighted by molar-refractivity contribution is 5.79. The molecule has 122 valence electrons. The van der Waals surface area contributed by atoms with Gasteiger partial charge < -0.3 is 15.4 Å². The van der Waals surface area contributed by atoms with Crippen LogP contribution in [-0.2, 0) is 11.3 Å². The van der Waals surface area contributed by atoms with Crippen molar-refractivity contribution in [1.82, 2.24) is 25.4 Å². The van der Waals surface area contributed by atoms with Gasteiger partial charge in [0.1, 0.15) is 6.33 Å². The number of para-hydroxylation sites is 1. The van der Waals surface area contributed by atoms with E-state index >= 15 is 0 Å². The lowest BCUT2D eigenvalue weighted by molar-refractivity contribution is 0.114. The Morgan fingerprint density at radius 3 is 2.96 bits per heavy atom. The van der Waals surface area contributed by atoms with Gasteiger partial charge in [-0.25, -0.2) is 0 Å². The number of benzene rings is 1. The number of aliphatic imine (C=N–C) groups is 1. The van der Waals surface area contributed by atoms with Crippen LogP contribution >= 0.6 is 0 Å². The lowest BCUT2D eigenvalue weighted by Gasteiger charge is -2.15. The summed E-state index contributed by atoms with van der Waals surface area (Å²) >= 11 is 0. The number of hydrogen-bond donors (Lipinski definition) is 2. The van der Waals surface area contributed by atoms with Crippen LogP contribution in [0, 0.1) is 0 Å². The van der Waals surface area contributed by atoms with Crippen molar-refractivity contribution in [2.24, 2.45) is 4.99 Å². The van der Waals surface area contributed by atoms with E-state index in [-0.39, 0.29) is 6.10 Å². The van der Waals surface area contributed by atoms with Gasteiger partial charge in [0.15, 0.2) is 11.8 Å². The van der Waals surface area contributed by atoms with E-state index in [1.807, 2.05) is 34.9 Å². The normalized spacial score (nSPS) is 18.1. The molecule has 1 fully saturated rings. The average Bonchev–Trinajstić information content (AvgIpc) is 3.27. The third kappa shape index (κ3) is 4.07. The quantitative estimate of drug-likeness (QED) is 0.639. The van der Waals surface area contributed by atoms with Gasteiger partial charge in [0.2, 0.25) is 0 Å². The first kappa shape index (κ1) is 15.5. The molecule has 1 aromatic carbocycles. The van der Waals surface area contributed by atoms with E-state index in [0.29, 0.717) is 6.54 Å². The summed E-state index contributed by atoms with van der Waals surface area (Å²) in [5, 5.41) is 14.7. The Hall–Kier alpha value is -2.41. The molecule has 1 aromatic heterocycles. The Kier molecular flexibility index (Phi) is 5.21. The zero-order chi connectivity index (χ0) is 15.9. The molecular weight excluding hydrogens is 292 g/mol. The molecule has 0 amide bonds. The maximum absolute atomic E-state index is 5.60. The van der Waals surface area contributed by atoms with E-state index in [0.717, 1.165) is 43.5 Å². The van der Waals surface area contributed by atoms with Crippen LogP contribution in [-0.4, -0.2) is 47.0 Å². The van der Waals surface area contributed by atoms with Crippen molar-refractivity contribution >= 4 is 5.96 Å². The SMILES string of the molecule is CN=C(NCc1nncn1-c1ccccc1)NCC1CCCO1. The van der Waals surface area contributed by atoms with E-state index in [1.165, 1.54) is 0 Å². The van der Waals surface area contributed by atoms with Crippen molar-refractivity contribution < 1.29 is 4.74 Å². The smallest absolute Gasteiger partial charge is 0.191 e. The van der Waals surface area contributed by atoms with E-state index in [9.17, 15) is 0 Å². The summed E-state index contributed by atoms with van der Waals surface area (Å²) in [5.74, 6) is 1.57. The fourth-order valence-corrected chi connectivity index (χ4v) is 2.58. The standard InChI is InChI=1S/C16H22N6O/c1-17-16(18-10-14-8-5-9-23-14)19-11-15-21-20-12-22(15)13-6-3-2-4-7-13/h2-4,6-7,12,14H,5,8-11H2,1H3,(H2,17,18,19). The molecule has 3 rings (SSSR count). The molecule has 2 N–H and O–H groups in total. The van der Waals surface area contributed by atoms with Gasteiger partial charge in [0.25, 0.3) is 0 Å². The molecule has 0 spiro atoms. The molecule has 0 bridgehead atoms. The van der Waals surface area contributed by atoms with Gasteiger partial charge in [0, 0.05) is 25.9 Å². The summed E-state index contributed by atoms with van der Waals surface area (Å²) in [6.07, 6.45) is 4.24. The first-order chi connectivity index (χ1) is 11.4. The second-order valence-electron chi connectivity index (χ2n) is 5.39. The largest absolute Gasteiger partial charge is 0.376 e. The summed E-state index contributed by atoms with van der Waals surface area (Å²) in [7, 11) is 1.76. The predicted octanol–water partition coefficient (Wildman–Crippen LogP) is 1.11. The molecule has 0 aliphatic carbocycles. The highest BCUT2D eigenvalue weighted by Gasteiger charge is 2.15. The van der Waals surface area contributed by atoms with Crippen LogP contribution in [0.1, 0.15) is 18.7 Å². The van der Waals surface area contributed by atoms with Crippen molar-refractivity contribution in [2.45, 2.75) is 25.5 Å². The molecule has 0 radical (unpaired) electrons. The van der Waals surface area contributed by atoms with Crippen molar-refractivity contribution in [2.75, 3.05) is 20.2 Å². The molecule has 7 nitrogen and oxygen atoms in total. The summed E-state index contributed by atoms with van der Waals surface area (Å²) in [4.78, 5) is 4.23. The van der Waals surface area contributed by atoms with Crippen LogP contribution in [0.25, 0.3) is 5.69 Å². The minimum Gasteiger partial charge on any atom is -0.376 e. The Morgan fingerprint density at radius 2 is 2.22 bits per heavy atom. The van der Waals surface area contributed by atoms with Crippen LogP contribution in [0.3, 0.4) is 0 Å². The van der Waals surface area contributed by atoms with Crippen molar-refractivity contribution in [3.05, 3.63) is 42.5 Å². The number of hydrogen-bond acceptors (Lipinski definition) is 4. The Bertz CT molecular complexity index is 633.